The van der Waals surface area contributed by atoms with Crippen LogP contribution in [0.4, 0.5) is 4.79 Å². The van der Waals surface area contributed by atoms with E-state index in [2.05, 4.69) is 49.7 Å². The summed E-state index contributed by atoms with van der Waals surface area (Å²) in [5.41, 5.74) is 8.21. The molecule has 0 saturated carbocycles. The maximum absolute atomic E-state index is 12.7. The molecule has 0 radical (unpaired) electrons. The summed E-state index contributed by atoms with van der Waals surface area (Å²) in [4.78, 5) is 23.9. The molecule has 1 unspecified atom stereocenters. The molecule has 1 aliphatic carbocycles. The summed E-state index contributed by atoms with van der Waals surface area (Å²) in [5, 5.41) is 0. The Hall–Kier alpha value is -2.95. The number of amides is 1. The molecule has 1 fully saturated rings. The molecule has 1 atom stereocenters. The van der Waals surface area contributed by atoms with Gasteiger partial charge in [-0.15, -0.1) is 0 Å². The van der Waals surface area contributed by atoms with Gasteiger partial charge in [0.2, 0.25) is 0 Å². The van der Waals surface area contributed by atoms with Gasteiger partial charge in [-0.2, -0.15) is 0 Å². The van der Waals surface area contributed by atoms with Gasteiger partial charge in [0.15, 0.2) is 0 Å². The van der Waals surface area contributed by atoms with Gasteiger partial charge < -0.3 is 9.64 Å². The van der Waals surface area contributed by atoms with Crippen LogP contribution in [0, 0.1) is 12.8 Å². The van der Waals surface area contributed by atoms with E-state index in [1.54, 1.807) is 0 Å². The molecule has 1 aliphatic heterocycles. The summed E-state index contributed by atoms with van der Waals surface area (Å²) >= 11 is 0. The summed E-state index contributed by atoms with van der Waals surface area (Å²) in [5.74, 6) is 0.572. The zero-order valence-corrected chi connectivity index (χ0v) is 26.6. The predicted octanol–water partition coefficient (Wildman–Crippen LogP) is 9.33. The highest BCUT2D eigenvalue weighted by Crippen LogP contribution is 2.41. The minimum absolute atomic E-state index is 0.178. The van der Waals surface area contributed by atoms with Gasteiger partial charge in [0.05, 0.1) is 0 Å². The second-order valence-corrected chi connectivity index (χ2v) is 11.8. The number of ether oxygens (including phenoxy) is 1. The Morgan fingerprint density at radius 1 is 1.20 bits per heavy atom. The number of carbonyl (C=O) groups excluding carboxylic acids is 1. The second-order valence-electron chi connectivity index (χ2n) is 11.8. The number of aliphatic imine (C=N–C) groups is 2. The lowest BCUT2D eigenvalue weighted by Crippen LogP contribution is -2.43. The SMILES string of the molecule is C=C1C/C(CCCC(C)=N/C=C\C)=C\c2cc(C)ccc2C(C2CCN(C(=O)OC(C)(C)C)CC2)C1=NC.CC. The number of carbonyl (C=O) groups is 1. The number of nitrogens with zero attached hydrogens (tertiary/aromatic N) is 3. The maximum atomic E-state index is 12.7. The summed E-state index contributed by atoms with van der Waals surface area (Å²) in [6.07, 6.45) is 11.8. The molecule has 40 heavy (non-hydrogen) atoms. The van der Waals surface area contributed by atoms with E-state index in [1.165, 1.54) is 28.0 Å². The summed E-state index contributed by atoms with van der Waals surface area (Å²) in [7, 11) is 1.91. The fourth-order valence-corrected chi connectivity index (χ4v) is 5.62. The summed E-state index contributed by atoms with van der Waals surface area (Å²) in [6.45, 7) is 21.9. The minimum atomic E-state index is -0.480. The molecular weight excluding hydrogens is 494 g/mol. The summed E-state index contributed by atoms with van der Waals surface area (Å²) < 4.78 is 5.63. The molecule has 1 aromatic carbocycles. The number of benzene rings is 1. The molecule has 2 aliphatic rings. The number of rotatable bonds is 6. The van der Waals surface area contributed by atoms with Gasteiger partial charge in [-0.05, 0) is 103 Å². The van der Waals surface area contributed by atoms with Crippen molar-refractivity contribution in [2.45, 2.75) is 105 Å². The van der Waals surface area contributed by atoms with Crippen molar-refractivity contribution in [2.24, 2.45) is 15.9 Å². The molecule has 5 nitrogen and oxygen atoms in total. The van der Waals surface area contributed by atoms with Crippen molar-refractivity contribution >= 4 is 23.6 Å². The van der Waals surface area contributed by atoms with Crippen LogP contribution in [0.1, 0.15) is 110 Å². The molecule has 1 aromatic rings. The molecule has 0 N–H and O–H groups in total. The number of fused-ring (bicyclic) bond motifs is 1. The van der Waals surface area contributed by atoms with Gasteiger partial charge in [0.25, 0.3) is 0 Å². The highest BCUT2D eigenvalue weighted by Gasteiger charge is 2.36. The topological polar surface area (TPSA) is 54.3 Å². The first-order chi connectivity index (χ1) is 19.0. The van der Waals surface area contributed by atoms with Crippen molar-refractivity contribution in [2.75, 3.05) is 20.1 Å². The van der Waals surface area contributed by atoms with E-state index < -0.39 is 5.60 Å². The van der Waals surface area contributed by atoms with Crippen LogP contribution in [0.15, 0.2) is 58.2 Å². The number of hydrogen-bond donors (Lipinski definition) is 0. The highest BCUT2D eigenvalue weighted by atomic mass is 16.6. The third kappa shape index (κ3) is 9.60. The van der Waals surface area contributed by atoms with Crippen molar-refractivity contribution in [3.63, 3.8) is 0 Å². The normalized spacial score (nSPS) is 21.2. The maximum Gasteiger partial charge on any atom is 0.410 e. The quantitative estimate of drug-likeness (QED) is 0.333. The smallest absolute Gasteiger partial charge is 0.410 e. The monoisotopic (exact) mass is 547 g/mol. The number of aryl methyl sites for hydroxylation is 1. The fraction of sp³-hybridized carbons (Fsp3) is 0.571. The van der Waals surface area contributed by atoms with E-state index in [9.17, 15) is 4.79 Å². The first-order valence-electron chi connectivity index (χ1n) is 15.1. The molecular formula is C35H53N3O2. The first kappa shape index (κ1) is 33.3. The van der Waals surface area contributed by atoms with Crippen molar-refractivity contribution < 1.29 is 9.53 Å². The third-order valence-corrected chi connectivity index (χ3v) is 7.42. The standard InChI is InChI=1S/C33H47N3O2.C2H6/c1-9-17-35-25(4)11-10-12-26-21-24(3)31(34-8)30(29-14-13-23(2)20-28(29)22-26)27-15-18-36(19-16-27)32(37)38-33(5,6)7;1-2/h9,13-14,17,20,22,27,30H,3,10-12,15-16,18-19,21H2,1-2,4-8H3;1-2H3/b17-9-,26-22-,34-31?,35-25?;. The Morgan fingerprint density at radius 3 is 2.48 bits per heavy atom. The Balaban J connectivity index is 0.00000274. The van der Waals surface area contributed by atoms with Crippen LogP contribution in [-0.2, 0) is 4.74 Å². The van der Waals surface area contributed by atoms with E-state index in [1.807, 2.05) is 65.8 Å². The molecule has 1 amide bonds. The molecule has 1 heterocycles. The van der Waals surface area contributed by atoms with Gasteiger partial charge >= 0.3 is 6.09 Å². The Labute approximate surface area is 244 Å². The number of hydrogen-bond acceptors (Lipinski definition) is 4. The van der Waals surface area contributed by atoms with Gasteiger partial charge in [0, 0.05) is 43.7 Å². The van der Waals surface area contributed by atoms with Gasteiger partial charge in [0.1, 0.15) is 5.60 Å². The van der Waals surface area contributed by atoms with Gasteiger partial charge in [-0.3, -0.25) is 9.98 Å². The van der Waals surface area contributed by atoms with E-state index in [4.69, 9.17) is 9.73 Å². The Kier molecular flexibility index (Phi) is 13.1. The fourth-order valence-electron chi connectivity index (χ4n) is 5.62. The van der Waals surface area contributed by atoms with E-state index in [-0.39, 0.29) is 12.0 Å². The predicted molar refractivity (Wildman–Crippen MR) is 173 cm³/mol. The third-order valence-electron chi connectivity index (χ3n) is 7.42. The van der Waals surface area contributed by atoms with Crippen LogP contribution in [0.5, 0.6) is 0 Å². The lowest BCUT2D eigenvalue weighted by Gasteiger charge is -2.38. The molecule has 3 rings (SSSR count). The van der Waals surface area contributed by atoms with Crippen molar-refractivity contribution in [3.05, 3.63) is 64.9 Å². The highest BCUT2D eigenvalue weighted by molar-refractivity contribution is 6.06. The molecule has 0 bridgehead atoms. The molecule has 1 saturated heterocycles. The van der Waals surface area contributed by atoms with E-state index >= 15 is 0 Å². The average molecular weight is 548 g/mol. The lowest BCUT2D eigenvalue weighted by molar-refractivity contribution is 0.0181. The van der Waals surface area contributed by atoms with Crippen LogP contribution in [-0.4, -0.2) is 48.2 Å². The molecule has 0 aromatic heterocycles. The van der Waals surface area contributed by atoms with Crippen LogP contribution >= 0.6 is 0 Å². The largest absolute Gasteiger partial charge is 0.444 e. The van der Waals surface area contributed by atoms with Crippen LogP contribution in [0.2, 0.25) is 0 Å². The van der Waals surface area contributed by atoms with Crippen LogP contribution in [0.25, 0.3) is 6.08 Å². The van der Waals surface area contributed by atoms with Crippen LogP contribution in [0.3, 0.4) is 0 Å². The zero-order valence-electron chi connectivity index (χ0n) is 26.6. The van der Waals surface area contributed by atoms with Crippen molar-refractivity contribution in [3.8, 4) is 0 Å². The van der Waals surface area contributed by atoms with E-state index in [0.29, 0.717) is 19.0 Å². The van der Waals surface area contributed by atoms with Gasteiger partial charge in [-0.25, -0.2) is 4.79 Å². The zero-order chi connectivity index (χ0) is 29.9. The summed E-state index contributed by atoms with van der Waals surface area (Å²) in [6, 6.07) is 6.83. The average Bonchev–Trinajstić information content (AvgIpc) is 2.90. The lowest BCUT2D eigenvalue weighted by atomic mass is 9.72. The number of allylic oxidation sites excluding steroid dienone is 3. The number of likely N-dealkylation sites (tertiary alicyclic amines) is 1. The second kappa shape index (κ2) is 15.7. The minimum Gasteiger partial charge on any atom is -0.444 e. The molecule has 220 valence electrons. The molecule has 5 heteroatoms. The Morgan fingerprint density at radius 2 is 1.88 bits per heavy atom. The number of piperidine rings is 1. The Bertz CT molecular complexity index is 1130. The van der Waals surface area contributed by atoms with Crippen LogP contribution < -0.4 is 0 Å². The molecule has 0 spiro atoms. The van der Waals surface area contributed by atoms with Crippen molar-refractivity contribution in [1.82, 2.24) is 4.90 Å². The first-order valence-corrected chi connectivity index (χ1v) is 15.1. The van der Waals surface area contributed by atoms with E-state index in [0.717, 1.165) is 49.8 Å². The van der Waals surface area contributed by atoms with Crippen molar-refractivity contribution in [1.29, 1.82) is 0 Å². The van der Waals surface area contributed by atoms with Gasteiger partial charge in [-0.1, -0.05) is 61.9 Å².